The number of H-pyrrole nitrogens is 1. The highest BCUT2D eigenvalue weighted by Gasteiger charge is 2.23. The minimum absolute atomic E-state index is 0.138. The van der Waals surface area contributed by atoms with Crippen molar-refractivity contribution in [3.63, 3.8) is 0 Å². The SMILES string of the molecule is CC(=N)C(C)C(=N)C(=O)Nc1cnc2[nH]c(-c3cnn(C4CNC4)c3C)cc2c1. The Morgan fingerprint density at radius 3 is 2.72 bits per heavy atom. The summed E-state index contributed by atoms with van der Waals surface area (Å²) in [5, 5.41) is 26.9. The monoisotopic (exact) mass is 392 g/mol. The van der Waals surface area contributed by atoms with Crippen LogP contribution in [0.3, 0.4) is 0 Å². The molecule has 0 aromatic carbocycles. The Labute approximate surface area is 167 Å². The number of amides is 1. The van der Waals surface area contributed by atoms with E-state index in [1.165, 1.54) is 0 Å². The maximum Gasteiger partial charge on any atom is 0.270 e. The number of hydrogen-bond acceptors (Lipinski definition) is 6. The average Bonchev–Trinajstić information content (AvgIpc) is 3.22. The largest absolute Gasteiger partial charge is 0.339 e. The van der Waals surface area contributed by atoms with E-state index in [-0.39, 0.29) is 11.4 Å². The van der Waals surface area contributed by atoms with Gasteiger partial charge in [0, 0.05) is 41.4 Å². The first-order valence-corrected chi connectivity index (χ1v) is 9.54. The van der Waals surface area contributed by atoms with E-state index in [1.54, 1.807) is 20.0 Å². The lowest BCUT2D eigenvalue weighted by atomic mass is 10.0. The van der Waals surface area contributed by atoms with Crippen LogP contribution < -0.4 is 10.6 Å². The van der Waals surface area contributed by atoms with E-state index < -0.39 is 11.8 Å². The quantitative estimate of drug-likeness (QED) is 0.412. The molecule has 1 fully saturated rings. The highest BCUT2D eigenvalue weighted by molar-refractivity contribution is 6.45. The number of aromatic amines is 1. The number of nitrogens with one attached hydrogen (secondary N) is 5. The van der Waals surface area contributed by atoms with Gasteiger partial charge in [0.1, 0.15) is 11.4 Å². The number of fused-ring (bicyclic) bond motifs is 1. The summed E-state index contributed by atoms with van der Waals surface area (Å²) in [5.74, 6) is -1.04. The fourth-order valence-corrected chi connectivity index (χ4v) is 3.34. The standard InChI is InChI=1S/C20H24N8O/c1-10(11(2)21)18(22)20(29)26-14-4-13-5-17(27-19(13)24-6-14)16-9-25-28(12(16)3)15-7-23-8-15/h4-6,9-10,15,21-23H,7-8H2,1-3H3,(H,24,27)(H,26,29). The molecule has 29 heavy (non-hydrogen) atoms. The van der Waals surface area contributed by atoms with Gasteiger partial charge in [0.2, 0.25) is 0 Å². The van der Waals surface area contributed by atoms with Crippen LogP contribution in [0.25, 0.3) is 22.3 Å². The van der Waals surface area contributed by atoms with Crippen LogP contribution in [0.2, 0.25) is 0 Å². The van der Waals surface area contributed by atoms with Gasteiger partial charge in [0.05, 0.1) is 29.8 Å². The lowest BCUT2D eigenvalue weighted by Crippen LogP contribution is -2.44. The molecular formula is C20H24N8O. The Kier molecular flexibility index (Phi) is 4.75. The van der Waals surface area contributed by atoms with E-state index in [4.69, 9.17) is 10.8 Å². The summed E-state index contributed by atoms with van der Waals surface area (Å²) in [5.41, 5.74) is 4.42. The summed E-state index contributed by atoms with van der Waals surface area (Å²) in [6.07, 6.45) is 3.43. The number of carbonyl (C=O) groups excluding carboxylic acids is 1. The fraction of sp³-hybridized carbons (Fsp3) is 0.350. The van der Waals surface area contributed by atoms with E-state index in [9.17, 15) is 4.79 Å². The van der Waals surface area contributed by atoms with Crippen molar-refractivity contribution in [3.8, 4) is 11.3 Å². The molecule has 1 amide bonds. The van der Waals surface area contributed by atoms with Crippen molar-refractivity contribution >= 4 is 34.1 Å². The van der Waals surface area contributed by atoms with Crippen molar-refractivity contribution in [2.45, 2.75) is 26.8 Å². The third kappa shape index (κ3) is 3.44. The van der Waals surface area contributed by atoms with Crippen molar-refractivity contribution in [1.29, 1.82) is 10.8 Å². The van der Waals surface area contributed by atoms with E-state index in [1.807, 2.05) is 18.3 Å². The number of nitrogens with zero attached hydrogens (tertiary/aromatic N) is 3. The number of hydrogen-bond donors (Lipinski definition) is 5. The first-order chi connectivity index (χ1) is 13.8. The molecule has 1 unspecified atom stereocenters. The molecule has 5 N–H and O–H groups in total. The smallest absolute Gasteiger partial charge is 0.270 e. The summed E-state index contributed by atoms with van der Waals surface area (Å²) in [7, 11) is 0. The maximum atomic E-state index is 12.3. The second kappa shape index (κ2) is 7.25. The summed E-state index contributed by atoms with van der Waals surface area (Å²) >= 11 is 0. The van der Waals surface area contributed by atoms with E-state index in [0.29, 0.717) is 17.4 Å². The molecule has 0 radical (unpaired) electrons. The van der Waals surface area contributed by atoms with Crippen molar-refractivity contribution < 1.29 is 4.79 Å². The number of anilines is 1. The molecule has 150 valence electrons. The molecule has 9 heteroatoms. The van der Waals surface area contributed by atoms with Gasteiger partial charge in [-0.25, -0.2) is 4.98 Å². The first-order valence-electron chi connectivity index (χ1n) is 9.54. The summed E-state index contributed by atoms with van der Waals surface area (Å²) in [6.45, 7) is 7.19. The molecule has 9 nitrogen and oxygen atoms in total. The van der Waals surface area contributed by atoms with Gasteiger partial charge in [0.25, 0.3) is 5.91 Å². The molecule has 0 aliphatic carbocycles. The zero-order valence-electron chi connectivity index (χ0n) is 16.6. The Balaban J connectivity index is 1.57. The molecule has 1 saturated heterocycles. The third-order valence-electron chi connectivity index (χ3n) is 5.50. The van der Waals surface area contributed by atoms with Crippen LogP contribution in [0.15, 0.2) is 24.5 Å². The topological polar surface area (TPSA) is 135 Å². The van der Waals surface area contributed by atoms with Gasteiger partial charge in [-0.05, 0) is 26.0 Å². The lowest BCUT2D eigenvalue weighted by Gasteiger charge is -2.28. The number of rotatable bonds is 6. The molecule has 1 aliphatic rings. The molecule has 1 aliphatic heterocycles. The average molecular weight is 392 g/mol. The van der Waals surface area contributed by atoms with Crippen molar-refractivity contribution in [2.24, 2.45) is 5.92 Å². The highest BCUT2D eigenvalue weighted by atomic mass is 16.1. The van der Waals surface area contributed by atoms with E-state index >= 15 is 0 Å². The minimum atomic E-state index is -0.521. The van der Waals surface area contributed by atoms with Gasteiger partial charge in [-0.3, -0.25) is 14.9 Å². The molecule has 0 bridgehead atoms. The lowest BCUT2D eigenvalue weighted by molar-refractivity contribution is -0.110. The predicted molar refractivity (Wildman–Crippen MR) is 113 cm³/mol. The van der Waals surface area contributed by atoms with Crippen LogP contribution in [-0.4, -0.2) is 50.2 Å². The van der Waals surface area contributed by atoms with Gasteiger partial charge in [-0.1, -0.05) is 6.92 Å². The second-order valence-electron chi connectivity index (χ2n) is 7.52. The van der Waals surface area contributed by atoms with Crippen LogP contribution in [-0.2, 0) is 4.79 Å². The molecule has 0 spiro atoms. The molecule has 3 aromatic heterocycles. The van der Waals surface area contributed by atoms with E-state index in [0.717, 1.165) is 35.4 Å². The molecule has 3 aromatic rings. The van der Waals surface area contributed by atoms with Crippen molar-refractivity contribution in [1.82, 2.24) is 25.1 Å². The van der Waals surface area contributed by atoms with Crippen LogP contribution in [0, 0.1) is 23.7 Å². The summed E-state index contributed by atoms with van der Waals surface area (Å²) in [6, 6.07) is 4.21. The molecule has 0 saturated carbocycles. The van der Waals surface area contributed by atoms with Gasteiger partial charge < -0.3 is 21.0 Å². The van der Waals surface area contributed by atoms with Crippen LogP contribution in [0.1, 0.15) is 25.6 Å². The van der Waals surface area contributed by atoms with Crippen LogP contribution in [0.5, 0.6) is 0 Å². The minimum Gasteiger partial charge on any atom is -0.339 e. The van der Waals surface area contributed by atoms with Crippen molar-refractivity contribution in [3.05, 3.63) is 30.2 Å². The Hall–Kier alpha value is -3.33. The van der Waals surface area contributed by atoms with Crippen LogP contribution in [0.4, 0.5) is 5.69 Å². The van der Waals surface area contributed by atoms with Crippen molar-refractivity contribution in [2.75, 3.05) is 18.4 Å². The van der Waals surface area contributed by atoms with Gasteiger partial charge in [-0.15, -0.1) is 0 Å². The normalized spacial score (nSPS) is 15.1. The van der Waals surface area contributed by atoms with Gasteiger partial charge >= 0.3 is 0 Å². The molecular weight excluding hydrogens is 368 g/mol. The molecule has 1 atom stereocenters. The number of pyridine rings is 1. The third-order valence-corrected chi connectivity index (χ3v) is 5.50. The Morgan fingerprint density at radius 2 is 2.07 bits per heavy atom. The number of carbonyl (C=O) groups is 1. The Morgan fingerprint density at radius 1 is 1.31 bits per heavy atom. The highest BCUT2D eigenvalue weighted by Crippen LogP contribution is 2.28. The molecule has 4 rings (SSSR count). The second-order valence-corrected chi connectivity index (χ2v) is 7.52. The van der Waals surface area contributed by atoms with E-state index in [2.05, 4.69) is 37.3 Å². The van der Waals surface area contributed by atoms with Gasteiger partial charge in [-0.2, -0.15) is 5.10 Å². The maximum absolute atomic E-state index is 12.3. The summed E-state index contributed by atoms with van der Waals surface area (Å²) in [4.78, 5) is 20.0. The fourth-order valence-electron chi connectivity index (χ4n) is 3.34. The predicted octanol–water partition coefficient (Wildman–Crippen LogP) is 2.51. The summed E-state index contributed by atoms with van der Waals surface area (Å²) < 4.78 is 2.05. The zero-order valence-corrected chi connectivity index (χ0v) is 16.6. The molecule has 4 heterocycles. The van der Waals surface area contributed by atoms with Crippen LogP contribution >= 0.6 is 0 Å². The Bertz CT molecular complexity index is 1120. The van der Waals surface area contributed by atoms with Gasteiger partial charge in [0.15, 0.2) is 0 Å². The first kappa shape index (κ1) is 19.0. The number of aromatic nitrogens is 4. The zero-order chi connectivity index (χ0) is 20.7.